The number of carbonyl (C=O) groups excluding carboxylic acids is 1. The largest absolute Gasteiger partial charge is 0.381 e. The number of nitrogens with zero attached hydrogens (tertiary/aromatic N) is 1. The number of fused-ring (bicyclic) bond motifs is 1. The first-order valence-electron chi connectivity index (χ1n) is 9.91. The topological polar surface area (TPSA) is 38.8 Å². The highest BCUT2D eigenvalue weighted by molar-refractivity contribution is 5.79. The summed E-state index contributed by atoms with van der Waals surface area (Å²) in [6.45, 7) is 4.99. The van der Waals surface area contributed by atoms with Crippen LogP contribution in [0.15, 0.2) is 24.3 Å². The standard InChI is InChI=1S/C22H33NO3/c1-22(2,26-4)20-15-18-8-6-5-7-16(18)13-14-23(20)21(24)17-9-11-19(25-3)12-10-17/h5-8,17,19-20H,9-15H2,1-4H3. The molecule has 1 saturated carbocycles. The Morgan fingerprint density at radius 3 is 2.35 bits per heavy atom. The van der Waals surface area contributed by atoms with Gasteiger partial charge in [-0.1, -0.05) is 24.3 Å². The van der Waals surface area contributed by atoms with Crippen LogP contribution in [0.3, 0.4) is 0 Å². The molecule has 3 rings (SSSR count). The van der Waals surface area contributed by atoms with Gasteiger partial charge in [0, 0.05) is 26.7 Å². The average molecular weight is 360 g/mol. The molecule has 144 valence electrons. The zero-order valence-electron chi connectivity index (χ0n) is 16.7. The predicted octanol–water partition coefficient (Wildman–Crippen LogP) is 3.61. The Balaban J connectivity index is 1.83. The van der Waals surface area contributed by atoms with Gasteiger partial charge in [-0.2, -0.15) is 0 Å². The molecule has 2 aliphatic rings. The second-order valence-corrected chi connectivity index (χ2v) is 8.29. The molecule has 1 aromatic carbocycles. The first-order valence-corrected chi connectivity index (χ1v) is 9.91. The van der Waals surface area contributed by atoms with Crippen molar-refractivity contribution >= 4 is 5.91 Å². The maximum atomic E-state index is 13.5. The second kappa shape index (κ2) is 8.10. The number of benzene rings is 1. The summed E-state index contributed by atoms with van der Waals surface area (Å²) in [5.41, 5.74) is 2.33. The van der Waals surface area contributed by atoms with Gasteiger partial charge in [-0.25, -0.2) is 0 Å². The van der Waals surface area contributed by atoms with E-state index < -0.39 is 0 Å². The lowest BCUT2D eigenvalue weighted by molar-refractivity contribution is -0.147. The summed E-state index contributed by atoms with van der Waals surface area (Å²) in [5, 5.41) is 0. The molecule has 1 atom stereocenters. The van der Waals surface area contributed by atoms with Crippen LogP contribution in [0.4, 0.5) is 0 Å². The SMILES string of the molecule is COC1CCC(C(=O)N2CCc3ccccc3CC2C(C)(C)OC)CC1. The molecule has 1 amide bonds. The molecule has 1 aromatic rings. The van der Waals surface area contributed by atoms with Gasteiger partial charge in [0.25, 0.3) is 0 Å². The maximum absolute atomic E-state index is 13.5. The fourth-order valence-electron chi connectivity index (χ4n) is 4.52. The van der Waals surface area contributed by atoms with Crippen molar-refractivity contribution in [2.75, 3.05) is 20.8 Å². The van der Waals surface area contributed by atoms with Crippen molar-refractivity contribution in [3.05, 3.63) is 35.4 Å². The lowest BCUT2D eigenvalue weighted by Gasteiger charge is -2.42. The molecule has 4 nitrogen and oxygen atoms in total. The Kier molecular flexibility index (Phi) is 6.03. The van der Waals surface area contributed by atoms with Crippen LogP contribution in [0, 0.1) is 5.92 Å². The Labute approximate surface area is 157 Å². The highest BCUT2D eigenvalue weighted by Crippen LogP contribution is 2.33. The van der Waals surface area contributed by atoms with Gasteiger partial charge in [0.05, 0.1) is 17.7 Å². The molecular formula is C22H33NO3. The molecule has 0 bridgehead atoms. The molecule has 1 unspecified atom stereocenters. The Hall–Kier alpha value is -1.39. The van der Waals surface area contributed by atoms with E-state index in [9.17, 15) is 4.79 Å². The Morgan fingerprint density at radius 2 is 1.73 bits per heavy atom. The zero-order chi connectivity index (χ0) is 18.7. The van der Waals surface area contributed by atoms with Crippen LogP contribution in [0.5, 0.6) is 0 Å². The maximum Gasteiger partial charge on any atom is 0.226 e. The molecule has 26 heavy (non-hydrogen) atoms. The van der Waals surface area contributed by atoms with Gasteiger partial charge in [0.15, 0.2) is 0 Å². The molecule has 1 aliphatic heterocycles. The minimum Gasteiger partial charge on any atom is -0.381 e. The van der Waals surface area contributed by atoms with E-state index in [1.54, 1.807) is 14.2 Å². The first kappa shape index (κ1) is 19.4. The fourth-order valence-corrected chi connectivity index (χ4v) is 4.52. The van der Waals surface area contributed by atoms with E-state index in [-0.39, 0.29) is 17.6 Å². The summed E-state index contributed by atoms with van der Waals surface area (Å²) in [5.74, 6) is 0.431. The van der Waals surface area contributed by atoms with E-state index in [0.717, 1.165) is 45.1 Å². The number of hydrogen-bond acceptors (Lipinski definition) is 3. The lowest BCUT2D eigenvalue weighted by atomic mass is 9.84. The third-order valence-electron chi connectivity index (χ3n) is 6.50. The van der Waals surface area contributed by atoms with E-state index in [2.05, 4.69) is 43.0 Å². The molecule has 1 fully saturated rings. The molecule has 4 heteroatoms. The van der Waals surface area contributed by atoms with Crippen molar-refractivity contribution in [1.82, 2.24) is 4.90 Å². The van der Waals surface area contributed by atoms with E-state index in [1.165, 1.54) is 11.1 Å². The van der Waals surface area contributed by atoms with Crippen molar-refractivity contribution in [3.63, 3.8) is 0 Å². The normalized spacial score (nSPS) is 26.9. The van der Waals surface area contributed by atoms with Gasteiger partial charge in [-0.15, -0.1) is 0 Å². The average Bonchev–Trinajstić information content (AvgIpc) is 2.88. The smallest absolute Gasteiger partial charge is 0.226 e. The van der Waals surface area contributed by atoms with Crippen LogP contribution in [0.1, 0.15) is 50.7 Å². The van der Waals surface area contributed by atoms with Crippen LogP contribution in [0.2, 0.25) is 0 Å². The quantitative estimate of drug-likeness (QED) is 0.824. The van der Waals surface area contributed by atoms with Crippen molar-refractivity contribution in [1.29, 1.82) is 0 Å². The second-order valence-electron chi connectivity index (χ2n) is 8.29. The summed E-state index contributed by atoms with van der Waals surface area (Å²) < 4.78 is 11.3. The van der Waals surface area contributed by atoms with E-state index in [1.807, 2.05) is 0 Å². The van der Waals surface area contributed by atoms with Crippen molar-refractivity contribution < 1.29 is 14.3 Å². The van der Waals surface area contributed by atoms with Crippen LogP contribution in [-0.2, 0) is 27.1 Å². The van der Waals surface area contributed by atoms with Crippen LogP contribution in [0.25, 0.3) is 0 Å². The minimum atomic E-state index is -0.378. The predicted molar refractivity (Wildman–Crippen MR) is 103 cm³/mol. The van der Waals surface area contributed by atoms with Gasteiger partial charge in [-0.05, 0) is 63.5 Å². The monoisotopic (exact) mass is 359 g/mol. The number of ether oxygens (including phenoxy) is 2. The number of carbonyl (C=O) groups is 1. The van der Waals surface area contributed by atoms with E-state index >= 15 is 0 Å². The summed E-state index contributed by atoms with van der Waals surface area (Å²) in [7, 11) is 3.53. The Morgan fingerprint density at radius 1 is 1.08 bits per heavy atom. The summed E-state index contributed by atoms with van der Waals surface area (Å²) in [4.78, 5) is 15.6. The summed E-state index contributed by atoms with van der Waals surface area (Å²) in [6, 6.07) is 8.65. The van der Waals surface area contributed by atoms with Gasteiger partial charge >= 0.3 is 0 Å². The van der Waals surface area contributed by atoms with Crippen LogP contribution >= 0.6 is 0 Å². The third-order valence-corrected chi connectivity index (χ3v) is 6.50. The van der Waals surface area contributed by atoms with Gasteiger partial charge in [0.2, 0.25) is 5.91 Å². The zero-order valence-corrected chi connectivity index (χ0v) is 16.7. The molecule has 0 saturated heterocycles. The molecule has 0 spiro atoms. The van der Waals surface area contributed by atoms with Gasteiger partial charge in [-0.3, -0.25) is 4.79 Å². The van der Waals surface area contributed by atoms with Crippen LogP contribution in [-0.4, -0.2) is 49.3 Å². The van der Waals surface area contributed by atoms with Crippen molar-refractivity contribution in [2.24, 2.45) is 5.92 Å². The molecule has 0 N–H and O–H groups in total. The third kappa shape index (κ3) is 3.96. The minimum absolute atomic E-state index is 0.0591. The lowest BCUT2D eigenvalue weighted by Crippen LogP contribution is -2.55. The molecule has 0 radical (unpaired) electrons. The molecule has 0 aromatic heterocycles. The number of hydrogen-bond donors (Lipinski definition) is 0. The first-order chi connectivity index (χ1) is 12.5. The Bertz CT molecular complexity index is 620. The fraction of sp³-hybridized carbons (Fsp3) is 0.682. The summed E-state index contributed by atoms with van der Waals surface area (Å²) in [6.07, 6.45) is 5.93. The number of rotatable bonds is 4. The molecular weight excluding hydrogens is 326 g/mol. The molecule has 1 heterocycles. The van der Waals surface area contributed by atoms with Gasteiger partial charge in [0.1, 0.15) is 0 Å². The molecule has 1 aliphatic carbocycles. The van der Waals surface area contributed by atoms with Crippen molar-refractivity contribution in [3.8, 4) is 0 Å². The number of amides is 1. The van der Waals surface area contributed by atoms with Gasteiger partial charge < -0.3 is 14.4 Å². The highest BCUT2D eigenvalue weighted by Gasteiger charge is 2.41. The van der Waals surface area contributed by atoms with Crippen molar-refractivity contribution in [2.45, 2.75) is 70.1 Å². The highest BCUT2D eigenvalue weighted by atomic mass is 16.5. The van der Waals surface area contributed by atoms with E-state index in [4.69, 9.17) is 9.47 Å². The summed E-state index contributed by atoms with van der Waals surface area (Å²) >= 11 is 0. The number of methoxy groups -OCH3 is 2. The van der Waals surface area contributed by atoms with E-state index in [0.29, 0.717) is 12.0 Å². The van der Waals surface area contributed by atoms with Crippen LogP contribution < -0.4 is 0 Å².